The first-order chi connectivity index (χ1) is 24.8. The maximum atomic E-state index is 6.56. The Kier molecular flexibility index (Phi) is 5.83. The van der Waals surface area contributed by atoms with Crippen LogP contribution in [0.5, 0.6) is 0 Å². The predicted molar refractivity (Wildman–Crippen MR) is 212 cm³/mol. The molecule has 0 unspecified atom stereocenters. The molecule has 0 fully saturated rings. The molecule has 0 atom stereocenters. The minimum absolute atomic E-state index is 0.874. The molecule has 0 aliphatic rings. The van der Waals surface area contributed by atoms with Gasteiger partial charge in [-0.05, 0) is 77.2 Å². The Morgan fingerprint density at radius 3 is 1.94 bits per heavy atom. The van der Waals surface area contributed by atoms with E-state index in [0.717, 1.165) is 60.9 Å². The molecule has 3 nitrogen and oxygen atoms in total. The topological polar surface area (TPSA) is 29.5 Å². The SMILES string of the molecule is c1ccc(-c2ccc(N(c3ccc4c(c3)oc3ccccc34)c3ccc4c(c3)sc3ccc5oc6c7ccccc7ccc6c5c34)cc2)cc1. The van der Waals surface area contributed by atoms with Crippen molar-refractivity contribution < 1.29 is 8.83 Å². The molecule has 0 saturated carbocycles. The molecule has 0 aliphatic carbocycles. The van der Waals surface area contributed by atoms with E-state index >= 15 is 0 Å². The van der Waals surface area contributed by atoms with Crippen molar-refractivity contribution >= 4 is 103 Å². The lowest BCUT2D eigenvalue weighted by Gasteiger charge is -2.26. The van der Waals surface area contributed by atoms with Crippen molar-refractivity contribution in [2.24, 2.45) is 0 Å². The van der Waals surface area contributed by atoms with Crippen LogP contribution in [-0.2, 0) is 0 Å². The fraction of sp³-hybridized carbons (Fsp3) is 0. The molecule has 0 amide bonds. The van der Waals surface area contributed by atoms with Crippen LogP contribution in [0, 0.1) is 0 Å². The standard InChI is InChI=1S/C46H27NO2S/c1-2-8-28(9-3-1)29-14-17-31(18-15-29)47(32-19-22-36-35-12-6-7-13-39(35)48-41(36)26-32)33-20-23-37-43(27-33)50-42-25-24-40-44(45(37)42)38-21-16-30-10-4-5-11-34(30)46(38)49-40/h1-27H. The van der Waals surface area contributed by atoms with Crippen molar-refractivity contribution in [2.75, 3.05) is 4.90 Å². The molecular formula is C46H27NO2S. The Morgan fingerprint density at radius 2 is 1.06 bits per heavy atom. The highest BCUT2D eigenvalue weighted by Gasteiger charge is 2.20. The summed E-state index contributed by atoms with van der Waals surface area (Å²) in [6, 6.07) is 58.3. The molecule has 0 spiro atoms. The number of furan rings is 2. The Bertz CT molecular complexity index is 3090. The highest BCUT2D eigenvalue weighted by molar-refractivity contribution is 7.26. The summed E-state index contributed by atoms with van der Waals surface area (Å²) in [5.74, 6) is 0. The van der Waals surface area contributed by atoms with Crippen LogP contribution < -0.4 is 4.90 Å². The second kappa shape index (κ2) is 10.6. The quantitative estimate of drug-likeness (QED) is 0.189. The summed E-state index contributed by atoms with van der Waals surface area (Å²) in [5.41, 5.74) is 9.25. The number of hydrogen-bond acceptors (Lipinski definition) is 4. The number of fused-ring (bicyclic) bond motifs is 12. The molecule has 0 radical (unpaired) electrons. The van der Waals surface area contributed by atoms with Gasteiger partial charge in [0.2, 0.25) is 0 Å². The molecule has 0 N–H and O–H groups in total. The lowest BCUT2D eigenvalue weighted by Crippen LogP contribution is -2.09. The van der Waals surface area contributed by atoms with E-state index in [4.69, 9.17) is 8.83 Å². The second-order valence-electron chi connectivity index (χ2n) is 12.9. The molecule has 11 aromatic rings. The van der Waals surface area contributed by atoms with Crippen LogP contribution in [0.15, 0.2) is 173 Å². The maximum Gasteiger partial charge on any atom is 0.143 e. The number of anilines is 3. The lowest BCUT2D eigenvalue weighted by molar-refractivity contribution is 0.669. The van der Waals surface area contributed by atoms with Gasteiger partial charge in [-0.15, -0.1) is 11.3 Å². The van der Waals surface area contributed by atoms with Crippen molar-refractivity contribution in [3.05, 3.63) is 164 Å². The molecule has 0 saturated heterocycles. The number of para-hydroxylation sites is 1. The largest absolute Gasteiger partial charge is 0.456 e. The monoisotopic (exact) mass is 657 g/mol. The summed E-state index contributed by atoms with van der Waals surface area (Å²) in [7, 11) is 0. The molecule has 50 heavy (non-hydrogen) atoms. The lowest BCUT2D eigenvalue weighted by atomic mass is 10.0. The van der Waals surface area contributed by atoms with E-state index in [0.29, 0.717) is 0 Å². The molecule has 4 heteroatoms. The van der Waals surface area contributed by atoms with E-state index in [9.17, 15) is 0 Å². The third kappa shape index (κ3) is 4.09. The molecule has 11 rings (SSSR count). The van der Waals surface area contributed by atoms with E-state index in [1.165, 1.54) is 42.1 Å². The van der Waals surface area contributed by atoms with Crippen molar-refractivity contribution in [3.8, 4) is 11.1 Å². The average molecular weight is 658 g/mol. The van der Waals surface area contributed by atoms with Crippen molar-refractivity contribution in [1.29, 1.82) is 0 Å². The van der Waals surface area contributed by atoms with E-state index in [-0.39, 0.29) is 0 Å². The summed E-state index contributed by atoms with van der Waals surface area (Å²) in [4.78, 5) is 2.33. The number of nitrogens with zero attached hydrogens (tertiary/aromatic N) is 1. The first-order valence-corrected chi connectivity index (χ1v) is 17.6. The molecule has 0 bridgehead atoms. The fourth-order valence-corrected chi connectivity index (χ4v) is 8.87. The Balaban J connectivity index is 1.11. The van der Waals surface area contributed by atoms with E-state index in [1.54, 1.807) is 0 Å². The van der Waals surface area contributed by atoms with Crippen LogP contribution in [0.3, 0.4) is 0 Å². The second-order valence-corrected chi connectivity index (χ2v) is 14.0. The van der Waals surface area contributed by atoms with Crippen molar-refractivity contribution in [3.63, 3.8) is 0 Å². The zero-order chi connectivity index (χ0) is 32.8. The van der Waals surface area contributed by atoms with E-state index < -0.39 is 0 Å². The van der Waals surface area contributed by atoms with Crippen LogP contribution >= 0.6 is 11.3 Å². The van der Waals surface area contributed by atoms with Gasteiger partial charge in [0, 0.05) is 70.2 Å². The van der Waals surface area contributed by atoms with Gasteiger partial charge < -0.3 is 13.7 Å². The van der Waals surface area contributed by atoms with Crippen molar-refractivity contribution in [2.45, 2.75) is 0 Å². The first-order valence-electron chi connectivity index (χ1n) is 16.8. The molecule has 8 aromatic carbocycles. The Morgan fingerprint density at radius 1 is 0.380 bits per heavy atom. The van der Waals surface area contributed by atoms with Crippen LogP contribution in [0.25, 0.3) is 85.9 Å². The Hall–Kier alpha value is -6.36. The predicted octanol–water partition coefficient (Wildman–Crippen LogP) is 14.1. The maximum absolute atomic E-state index is 6.56. The third-order valence-corrected chi connectivity index (χ3v) is 11.2. The minimum Gasteiger partial charge on any atom is -0.456 e. The minimum atomic E-state index is 0.874. The molecule has 234 valence electrons. The zero-order valence-corrected chi connectivity index (χ0v) is 27.6. The molecule has 0 aliphatic heterocycles. The van der Waals surface area contributed by atoms with Crippen LogP contribution in [0.4, 0.5) is 17.1 Å². The first kappa shape index (κ1) is 27.6. The zero-order valence-electron chi connectivity index (χ0n) is 26.8. The normalized spacial score (nSPS) is 12.0. The van der Waals surface area contributed by atoms with Gasteiger partial charge in [-0.1, -0.05) is 97.1 Å². The average Bonchev–Trinajstić information content (AvgIpc) is 3.86. The number of thiophene rings is 1. The molecule has 3 aromatic heterocycles. The smallest absolute Gasteiger partial charge is 0.143 e. The third-order valence-electron chi connectivity index (χ3n) is 10.1. The van der Waals surface area contributed by atoms with Gasteiger partial charge in [-0.25, -0.2) is 0 Å². The summed E-state index contributed by atoms with van der Waals surface area (Å²) in [6.45, 7) is 0. The fourth-order valence-electron chi connectivity index (χ4n) is 7.72. The summed E-state index contributed by atoms with van der Waals surface area (Å²) < 4.78 is 15.4. The highest BCUT2D eigenvalue weighted by atomic mass is 32.1. The Labute approximate surface area is 290 Å². The van der Waals surface area contributed by atoms with Gasteiger partial charge in [0.25, 0.3) is 0 Å². The van der Waals surface area contributed by atoms with Crippen LogP contribution in [0.1, 0.15) is 0 Å². The summed E-state index contributed by atoms with van der Waals surface area (Å²) in [6.07, 6.45) is 0. The molecule has 3 heterocycles. The summed E-state index contributed by atoms with van der Waals surface area (Å²) in [5, 5.41) is 9.42. The van der Waals surface area contributed by atoms with Crippen molar-refractivity contribution in [1.82, 2.24) is 0 Å². The van der Waals surface area contributed by atoms with Gasteiger partial charge in [-0.3, -0.25) is 0 Å². The van der Waals surface area contributed by atoms with Gasteiger partial charge in [0.1, 0.15) is 22.3 Å². The van der Waals surface area contributed by atoms with Gasteiger partial charge in [-0.2, -0.15) is 0 Å². The highest BCUT2D eigenvalue weighted by Crippen LogP contribution is 2.46. The van der Waals surface area contributed by atoms with E-state index in [1.807, 2.05) is 23.5 Å². The molecular weight excluding hydrogens is 631 g/mol. The van der Waals surface area contributed by atoms with Gasteiger partial charge in [0.15, 0.2) is 0 Å². The van der Waals surface area contributed by atoms with Gasteiger partial charge in [0.05, 0.1) is 0 Å². The van der Waals surface area contributed by atoms with Gasteiger partial charge >= 0.3 is 0 Å². The summed E-state index contributed by atoms with van der Waals surface area (Å²) >= 11 is 1.83. The van der Waals surface area contributed by atoms with E-state index in [2.05, 4.69) is 157 Å². The number of rotatable bonds is 4. The number of hydrogen-bond donors (Lipinski definition) is 0. The van der Waals surface area contributed by atoms with Crippen LogP contribution in [-0.4, -0.2) is 0 Å². The van der Waals surface area contributed by atoms with Crippen LogP contribution in [0.2, 0.25) is 0 Å². The number of benzene rings is 8.